The lowest BCUT2D eigenvalue weighted by atomic mass is 10.2. The summed E-state index contributed by atoms with van der Waals surface area (Å²) in [6, 6.07) is -0.868. The van der Waals surface area contributed by atoms with Gasteiger partial charge in [-0.05, 0) is 36.7 Å². The first-order valence-corrected chi connectivity index (χ1v) is 7.79. The number of nitrogens with one attached hydrogen (secondary N) is 2. The van der Waals surface area contributed by atoms with E-state index in [-0.39, 0.29) is 6.61 Å². The van der Waals surface area contributed by atoms with E-state index in [0.29, 0.717) is 9.73 Å². The molecule has 118 valence electrons. The first-order valence-electron chi connectivity index (χ1n) is 6.11. The molecule has 0 radical (unpaired) electrons. The van der Waals surface area contributed by atoms with Gasteiger partial charge >= 0.3 is 6.09 Å². The van der Waals surface area contributed by atoms with Crippen molar-refractivity contribution < 1.29 is 19.1 Å². The molecule has 0 bridgehead atoms. The van der Waals surface area contributed by atoms with Crippen LogP contribution in [0.1, 0.15) is 20.8 Å². The average Bonchev–Trinajstić information content (AvgIpc) is 2.71. The van der Waals surface area contributed by atoms with Crippen molar-refractivity contribution in [2.75, 3.05) is 19.0 Å². The first-order chi connectivity index (χ1) is 9.71. The SMILES string of the molecule is COC[C@H](NC(=O)OC(C)(C)C)C(=O)Nc1nc(Br)cs1. The fraction of sp³-hybridized carbons (Fsp3) is 0.583. The second-order valence-corrected chi connectivity index (χ2v) is 6.79. The number of aromatic nitrogens is 1. The van der Waals surface area contributed by atoms with Crippen molar-refractivity contribution >= 4 is 44.4 Å². The highest BCUT2D eigenvalue weighted by atomic mass is 79.9. The van der Waals surface area contributed by atoms with Crippen LogP contribution < -0.4 is 10.6 Å². The number of methoxy groups -OCH3 is 1. The van der Waals surface area contributed by atoms with Crippen molar-refractivity contribution in [3.63, 3.8) is 0 Å². The zero-order valence-electron chi connectivity index (χ0n) is 12.2. The molecule has 0 saturated heterocycles. The minimum Gasteiger partial charge on any atom is -0.444 e. The Balaban J connectivity index is 2.63. The van der Waals surface area contributed by atoms with Crippen molar-refractivity contribution in [2.45, 2.75) is 32.4 Å². The molecule has 0 aliphatic heterocycles. The van der Waals surface area contributed by atoms with Crippen LogP contribution in [0.2, 0.25) is 0 Å². The van der Waals surface area contributed by atoms with Crippen LogP contribution in [0.4, 0.5) is 9.93 Å². The normalized spacial score (nSPS) is 12.6. The molecule has 21 heavy (non-hydrogen) atoms. The average molecular weight is 380 g/mol. The predicted octanol–water partition coefficient (Wildman–Crippen LogP) is 2.38. The third-order valence-corrected chi connectivity index (χ3v) is 3.51. The number of carbonyl (C=O) groups is 2. The summed E-state index contributed by atoms with van der Waals surface area (Å²) in [5.41, 5.74) is -0.641. The summed E-state index contributed by atoms with van der Waals surface area (Å²) in [6.07, 6.45) is -0.681. The van der Waals surface area contributed by atoms with Gasteiger partial charge in [0.15, 0.2) is 5.13 Å². The van der Waals surface area contributed by atoms with Gasteiger partial charge in [0, 0.05) is 12.5 Å². The van der Waals surface area contributed by atoms with E-state index in [1.165, 1.54) is 18.4 Å². The zero-order chi connectivity index (χ0) is 16.0. The molecule has 1 rings (SSSR count). The Labute approximate surface area is 135 Å². The Bertz CT molecular complexity index is 501. The van der Waals surface area contributed by atoms with Crippen molar-refractivity contribution in [3.05, 3.63) is 9.98 Å². The molecule has 1 heterocycles. The van der Waals surface area contributed by atoms with Crippen LogP contribution in [0, 0.1) is 0 Å². The second-order valence-electron chi connectivity index (χ2n) is 5.12. The lowest BCUT2D eigenvalue weighted by Gasteiger charge is -2.22. The van der Waals surface area contributed by atoms with Gasteiger partial charge < -0.3 is 20.1 Å². The number of thiazole rings is 1. The fourth-order valence-corrected chi connectivity index (χ4v) is 2.45. The smallest absolute Gasteiger partial charge is 0.408 e. The molecular formula is C12H18BrN3O4S. The second kappa shape index (κ2) is 7.71. The van der Waals surface area contributed by atoms with Crippen LogP contribution in [0.25, 0.3) is 0 Å². The number of carbonyl (C=O) groups excluding carboxylic acids is 2. The summed E-state index contributed by atoms with van der Waals surface area (Å²) in [5.74, 6) is -0.426. The van der Waals surface area contributed by atoms with Crippen LogP contribution in [0.15, 0.2) is 9.98 Å². The lowest BCUT2D eigenvalue weighted by Crippen LogP contribution is -2.48. The van der Waals surface area contributed by atoms with E-state index in [9.17, 15) is 9.59 Å². The summed E-state index contributed by atoms with van der Waals surface area (Å²) in [6.45, 7) is 5.25. The van der Waals surface area contributed by atoms with Crippen molar-refractivity contribution in [1.82, 2.24) is 10.3 Å². The molecule has 2 amide bonds. The lowest BCUT2D eigenvalue weighted by molar-refractivity contribution is -0.119. The van der Waals surface area contributed by atoms with Crippen molar-refractivity contribution in [2.24, 2.45) is 0 Å². The summed E-state index contributed by atoms with van der Waals surface area (Å²) in [4.78, 5) is 27.9. The van der Waals surface area contributed by atoms with E-state index >= 15 is 0 Å². The van der Waals surface area contributed by atoms with Gasteiger partial charge in [0.2, 0.25) is 0 Å². The maximum absolute atomic E-state index is 12.1. The van der Waals surface area contributed by atoms with Crippen molar-refractivity contribution in [1.29, 1.82) is 0 Å². The molecule has 1 atom stereocenters. The first kappa shape index (κ1) is 17.9. The molecule has 1 aromatic heterocycles. The highest BCUT2D eigenvalue weighted by Gasteiger charge is 2.25. The Hall–Kier alpha value is -1.19. The van der Waals surface area contributed by atoms with E-state index in [1.54, 1.807) is 26.2 Å². The number of ether oxygens (including phenoxy) is 2. The van der Waals surface area contributed by atoms with Gasteiger partial charge in [0.25, 0.3) is 5.91 Å². The molecular weight excluding hydrogens is 362 g/mol. The number of hydrogen-bond acceptors (Lipinski definition) is 6. The molecule has 0 spiro atoms. The van der Waals surface area contributed by atoms with Crippen LogP contribution in [-0.2, 0) is 14.3 Å². The van der Waals surface area contributed by atoms with Crippen molar-refractivity contribution in [3.8, 4) is 0 Å². The van der Waals surface area contributed by atoms with Crippen LogP contribution in [0.3, 0.4) is 0 Å². The van der Waals surface area contributed by atoms with Crippen LogP contribution in [0.5, 0.6) is 0 Å². The van der Waals surface area contributed by atoms with Gasteiger partial charge in [0.05, 0.1) is 6.61 Å². The number of alkyl carbamates (subject to hydrolysis) is 1. The molecule has 1 aromatic rings. The molecule has 2 N–H and O–H groups in total. The maximum atomic E-state index is 12.1. The summed E-state index contributed by atoms with van der Waals surface area (Å²) in [5, 5.41) is 7.24. The van der Waals surface area contributed by atoms with E-state index in [1.807, 2.05) is 0 Å². The van der Waals surface area contributed by atoms with Crippen LogP contribution in [-0.4, -0.2) is 42.3 Å². The summed E-state index contributed by atoms with van der Waals surface area (Å²) >= 11 is 4.46. The molecule has 0 aromatic carbocycles. The minimum atomic E-state index is -0.868. The largest absolute Gasteiger partial charge is 0.444 e. The Morgan fingerprint density at radius 2 is 2.14 bits per heavy atom. The number of hydrogen-bond donors (Lipinski definition) is 2. The minimum absolute atomic E-state index is 0.0254. The molecule has 0 unspecified atom stereocenters. The highest BCUT2D eigenvalue weighted by Crippen LogP contribution is 2.19. The third-order valence-electron chi connectivity index (χ3n) is 2.05. The molecule has 0 fully saturated rings. The molecule has 7 nitrogen and oxygen atoms in total. The van der Waals surface area contributed by atoms with Gasteiger partial charge in [-0.25, -0.2) is 9.78 Å². The van der Waals surface area contributed by atoms with Crippen LogP contribution >= 0.6 is 27.3 Å². The number of halogens is 1. The maximum Gasteiger partial charge on any atom is 0.408 e. The molecule has 0 aliphatic carbocycles. The summed E-state index contributed by atoms with van der Waals surface area (Å²) < 4.78 is 10.7. The van der Waals surface area contributed by atoms with E-state index < -0.39 is 23.6 Å². The fourth-order valence-electron chi connectivity index (χ4n) is 1.30. The number of nitrogens with zero attached hydrogens (tertiary/aromatic N) is 1. The Kier molecular flexibility index (Phi) is 6.56. The third kappa shape index (κ3) is 6.87. The number of rotatable bonds is 5. The zero-order valence-corrected chi connectivity index (χ0v) is 14.6. The van der Waals surface area contributed by atoms with Gasteiger partial charge in [-0.1, -0.05) is 0 Å². The standard InChI is InChI=1S/C12H18BrN3O4S/c1-12(2,3)20-11(18)14-7(5-19-4)9(17)16-10-15-8(13)6-21-10/h6-7H,5H2,1-4H3,(H,14,18)(H,15,16,17)/t7-/m0/s1. The van der Waals surface area contributed by atoms with E-state index in [2.05, 4.69) is 31.5 Å². The van der Waals surface area contributed by atoms with Gasteiger partial charge in [0.1, 0.15) is 16.2 Å². The van der Waals surface area contributed by atoms with E-state index in [4.69, 9.17) is 9.47 Å². The molecule has 0 aliphatic rings. The topological polar surface area (TPSA) is 89.5 Å². The van der Waals surface area contributed by atoms with E-state index in [0.717, 1.165) is 0 Å². The van der Waals surface area contributed by atoms with Gasteiger partial charge in [-0.2, -0.15) is 0 Å². The molecule has 9 heteroatoms. The number of amides is 2. The quantitative estimate of drug-likeness (QED) is 0.819. The Morgan fingerprint density at radius 1 is 1.48 bits per heavy atom. The predicted molar refractivity (Wildman–Crippen MR) is 83.5 cm³/mol. The summed E-state index contributed by atoms with van der Waals surface area (Å²) in [7, 11) is 1.44. The van der Waals surface area contributed by atoms with Gasteiger partial charge in [-0.15, -0.1) is 11.3 Å². The monoisotopic (exact) mass is 379 g/mol. The Morgan fingerprint density at radius 3 is 2.62 bits per heavy atom. The molecule has 0 saturated carbocycles. The highest BCUT2D eigenvalue weighted by molar-refractivity contribution is 9.10. The van der Waals surface area contributed by atoms with Gasteiger partial charge in [-0.3, -0.25) is 4.79 Å². The number of anilines is 1.